The van der Waals surface area contributed by atoms with Gasteiger partial charge in [-0.05, 0) is 18.6 Å². The minimum atomic E-state index is -4.58. The van der Waals surface area contributed by atoms with Gasteiger partial charge in [0, 0.05) is 29.8 Å². The molecule has 1 aromatic rings. The zero-order valence-corrected chi connectivity index (χ0v) is 10.8. The summed E-state index contributed by atoms with van der Waals surface area (Å²) < 4.78 is 37.4. The Morgan fingerprint density at radius 2 is 2.10 bits per heavy atom. The molecule has 1 unspecified atom stereocenters. The largest absolute Gasteiger partial charge is 0.545 e. The van der Waals surface area contributed by atoms with Gasteiger partial charge in [0.05, 0.1) is 5.97 Å². The highest BCUT2D eigenvalue weighted by molar-refractivity contribution is 5.93. The van der Waals surface area contributed by atoms with E-state index in [0.717, 1.165) is 18.3 Å². The molecular weight excluding hydrogens is 289 g/mol. The highest BCUT2D eigenvalue weighted by Crippen LogP contribution is 2.33. The Morgan fingerprint density at radius 1 is 1.43 bits per heavy atom. The monoisotopic (exact) mass is 299 g/mol. The van der Waals surface area contributed by atoms with E-state index in [4.69, 9.17) is 0 Å². The van der Waals surface area contributed by atoms with E-state index in [0.29, 0.717) is 0 Å². The molecule has 1 aromatic heterocycles. The third-order valence-electron chi connectivity index (χ3n) is 3.17. The molecule has 1 aliphatic rings. The molecule has 0 aliphatic carbocycles. The Balaban J connectivity index is 2.42. The summed E-state index contributed by atoms with van der Waals surface area (Å²) in [4.78, 5) is 25.9. The molecule has 0 saturated heterocycles. The fourth-order valence-corrected chi connectivity index (χ4v) is 2.24. The van der Waals surface area contributed by atoms with Crippen molar-refractivity contribution in [3.63, 3.8) is 0 Å². The molecule has 0 radical (unpaired) electrons. The second-order valence-electron chi connectivity index (χ2n) is 4.61. The van der Waals surface area contributed by atoms with Crippen LogP contribution >= 0.6 is 0 Å². The normalized spacial score (nSPS) is 19.4. The number of pyridine rings is 1. The lowest BCUT2D eigenvalue weighted by atomic mass is 9.85. The van der Waals surface area contributed by atoms with Gasteiger partial charge in [-0.3, -0.25) is 9.78 Å². The van der Waals surface area contributed by atoms with Crippen LogP contribution < -0.4 is 10.4 Å². The van der Waals surface area contributed by atoms with Gasteiger partial charge in [0.1, 0.15) is 5.69 Å². The number of nitrogens with zero attached hydrogens (tertiary/aromatic N) is 1. The number of carbonyl (C=O) groups is 2. The van der Waals surface area contributed by atoms with Gasteiger partial charge in [-0.2, -0.15) is 13.2 Å². The number of amides is 1. The summed E-state index contributed by atoms with van der Waals surface area (Å²) in [6.45, 7) is 1.40. The molecule has 112 valence electrons. The van der Waals surface area contributed by atoms with Crippen LogP contribution in [-0.2, 0) is 15.8 Å². The fraction of sp³-hybridized carbons (Fsp3) is 0.308. The van der Waals surface area contributed by atoms with Crippen molar-refractivity contribution in [3.8, 4) is 0 Å². The second-order valence-corrected chi connectivity index (χ2v) is 4.61. The average molecular weight is 299 g/mol. The summed E-state index contributed by atoms with van der Waals surface area (Å²) in [6.07, 6.45) is -3.83. The number of carboxylic acid groups (broad SMARTS) is 1. The summed E-state index contributed by atoms with van der Waals surface area (Å²) in [5.74, 6) is -2.77. The molecule has 0 bridgehead atoms. The molecule has 2 rings (SSSR count). The topological polar surface area (TPSA) is 82.1 Å². The molecule has 1 atom stereocenters. The van der Waals surface area contributed by atoms with Crippen molar-refractivity contribution in [2.45, 2.75) is 25.4 Å². The first-order chi connectivity index (χ1) is 9.70. The van der Waals surface area contributed by atoms with E-state index in [1.54, 1.807) is 0 Å². The molecule has 1 N–H and O–H groups in total. The summed E-state index contributed by atoms with van der Waals surface area (Å²) in [5, 5.41) is 13.5. The summed E-state index contributed by atoms with van der Waals surface area (Å²) in [6, 6.07) is 1.87. The number of hydrogen-bond donors (Lipinski definition) is 1. The van der Waals surface area contributed by atoms with Crippen LogP contribution in [0.5, 0.6) is 0 Å². The molecule has 0 saturated carbocycles. The first kappa shape index (κ1) is 15.0. The number of allylic oxidation sites excluding steroid dienone is 1. The second kappa shape index (κ2) is 5.19. The van der Waals surface area contributed by atoms with Gasteiger partial charge in [-0.25, -0.2) is 0 Å². The first-order valence-corrected chi connectivity index (χ1v) is 5.95. The van der Waals surface area contributed by atoms with Crippen LogP contribution in [0.2, 0.25) is 0 Å². The molecule has 0 spiro atoms. The molecule has 0 aromatic carbocycles. The number of carbonyl (C=O) groups excluding carboxylic acids is 2. The lowest BCUT2D eigenvalue weighted by Crippen LogP contribution is -2.38. The van der Waals surface area contributed by atoms with E-state index in [2.05, 4.69) is 10.3 Å². The van der Waals surface area contributed by atoms with Crippen LogP contribution in [0, 0.1) is 0 Å². The smallest absolute Gasteiger partial charge is 0.433 e. The zero-order valence-electron chi connectivity index (χ0n) is 10.8. The highest BCUT2D eigenvalue weighted by atomic mass is 19.4. The zero-order chi connectivity index (χ0) is 15.8. The molecule has 1 amide bonds. The Bertz CT molecular complexity index is 621. The van der Waals surface area contributed by atoms with E-state index < -0.39 is 29.7 Å². The Morgan fingerprint density at radius 3 is 2.57 bits per heavy atom. The summed E-state index contributed by atoms with van der Waals surface area (Å²) in [7, 11) is 0. The maximum Gasteiger partial charge on any atom is 0.433 e. The quantitative estimate of drug-likeness (QED) is 0.872. The van der Waals surface area contributed by atoms with Gasteiger partial charge in [0.15, 0.2) is 0 Å². The standard InChI is InChI=1S/C13H11F3N2O3/c1-6-11(12(20)21)8(4-10(19)18-6)7-2-3-9(17-5-7)13(14,15)16/h2-3,5,8H,4H2,1H3,(H,18,19)(H,20,21)/p-1. The molecule has 8 heteroatoms. The summed E-state index contributed by atoms with van der Waals surface area (Å²) in [5.41, 5.74) is -0.897. The molecule has 21 heavy (non-hydrogen) atoms. The lowest BCUT2D eigenvalue weighted by molar-refractivity contribution is -0.299. The van der Waals surface area contributed by atoms with Crippen LogP contribution in [-0.4, -0.2) is 16.9 Å². The van der Waals surface area contributed by atoms with Gasteiger partial charge in [0.25, 0.3) is 0 Å². The van der Waals surface area contributed by atoms with E-state index in [-0.39, 0.29) is 23.3 Å². The molecule has 5 nitrogen and oxygen atoms in total. The van der Waals surface area contributed by atoms with Gasteiger partial charge >= 0.3 is 6.18 Å². The molecule has 2 heterocycles. The van der Waals surface area contributed by atoms with Crippen molar-refractivity contribution in [2.75, 3.05) is 0 Å². The number of carboxylic acids is 1. The first-order valence-electron chi connectivity index (χ1n) is 5.95. The van der Waals surface area contributed by atoms with Gasteiger partial charge in [-0.1, -0.05) is 6.07 Å². The Kier molecular flexibility index (Phi) is 3.71. The van der Waals surface area contributed by atoms with Gasteiger partial charge < -0.3 is 15.2 Å². The maximum atomic E-state index is 12.5. The van der Waals surface area contributed by atoms with E-state index in [1.165, 1.54) is 6.92 Å². The van der Waals surface area contributed by atoms with E-state index in [1.807, 2.05) is 0 Å². The number of aromatic nitrogens is 1. The van der Waals surface area contributed by atoms with Crippen molar-refractivity contribution in [2.24, 2.45) is 0 Å². The van der Waals surface area contributed by atoms with Gasteiger partial charge in [-0.15, -0.1) is 0 Å². The number of hydrogen-bond acceptors (Lipinski definition) is 4. The molecule has 1 aliphatic heterocycles. The van der Waals surface area contributed by atoms with Crippen LogP contribution in [0.25, 0.3) is 0 Å². The van der Waals surface area contributed by atoms with Crippen molar-refractivity contribution in [3.05, 3.63) is 40.9 Å². The average Bonchev–Trinajstić information content (AvgIpc) is 2.36. The number of aliphatic carboxylic acids is 1. The van der Waals surface area contributed by atoms with Crippen LogP contribution in [0.3, 0.4) is 0 Å². The SMILES string of the molecule is CC1=C(C(=O)[O-])C(c2ccc(C(F)(F)F)nc2)CC(=O)N1. The van der Waals surface area contributed by atoms with Crippen molar-refractivity contribution >= 4 is 11.9 Å². The lowest BCUT2D eigenvalue weighted by Gasteiger charge is -2.28. The van der Waals surface area contributed by atoms with Crippen LogP contribution in [0.15, 0.2) is 29.6 Å². The molecule has 0 fully saturated rings. The van der Waals surface area contributed by atoms with Gasteiger partial charge in [0.2, 0.25) is 5.91 Å². The predicted molar refractivity (Wildman–Crippen MR) is 62.4 cm³/mol. The number of halogens is 3. The maximum absolute atomic E-state index is 12.5. The summed E-state index contributed by atoms with van der Waals surface area (Å²) >= 11 is 0. The third-order valence-corrected chi connectivity index (χ3v) is 3.17. The van der Waals surface area contributed by atoms with Crippen molar-refractivity contribution in [1.82, 2.24) is 10.3 Å². The number of rotatable bonds is 2. The Labute approximate surface area is 117 Å². The minimum Gasteiger partial charge on any atom is -0.545 e. The highest BCUT2D eigenvalue weighted by Gasteiger charge is 2.33. The van der Waals surface area contributed by atoms with Crippen molar-refractivity contribution < 1.29 is 27.9 Å². The predicted octanol–water partition coefficient (Wildman–Crippen LogP) is 0.728. The fourth-order valence-electron chi connectivity index (χ4n) is 2.24. The third kappa shape index (κ3) is 3.04. The number of alkyl halides is 3. The minimum absolute atomic E-state index is 0.121. The van der Waals surface area contributed by atoms with Crippen LogP contribution in [0.4, 0.5) is 13.2 Å². The number of nitrogens with one attached hydrogen (secondary N) is 1. The molecular formula is C13H10F3N2O3-. The van der Waals surface area contributed by atoms with E-state index >= 15 is 0 Å². The van der Waals surface area contributed by atoms with Crippen LogP contribution in [0.1, 0.15) is 30.5 Å². The van der Waals surface area contributed by atoms with E-state index in [9.17, 15) is 27.9 Å². The Hall–Kier alpha value is -2.38. The van der Waals surface area contributed by atoms with Crippen molar-refractivity contribution in [1.29, 1.82) is 0 Å².